The van der Waals surface area contributed by atoms with Crippen LogP contribution in [0.1, 0.15) is 30.9 Å². The number of benzene rings is 2. The normalized spacial score (nSPS) is 17.2. The predicted octanol–water partition coefficient (Wildman–Crippen LogP) is 3.86. The number of hydrogen-bond donors (Lipinski definition) is 1. The first-order chi connectivity index (χ1) is 13.2. The Kier molecular flexibility index (Phi) is 6.27. The molecule has 1 N–H and O–H groups in total. The van der Waals surface area contributed by atoms with Crippen LogP contribution in [0.4, 0.5) is 0 Å². The lowest BCUT2D eigenvalue weighted by Crippen LogP contribution is -2.48. The summed E-state index contributed by atoms with van der Waals surface area (Å²) in [4.78, 5) is 13.1. The van der Waals surface area contributed by atoms with Crippen molar-refractivity contribution < 1.29 is 13.2 Å². The Morgan fingerprint density at radius 1 is 1.11 bits per heavy atom. The standard InChI is InChI=1S/C21H25BrN2O3S/c1-16-5-3-4-6-17(16)15-23-20(25)21(2)11-13-24(14-12-21)28(26,27)19-9-7-18(22)8-10-19/h3-10H,11-15H2,1-2H3,(H,23,25). The molecule has 1 amide bonds. The van der Waals surface area contributed by atoms with Crippen molar-refractivity contribution in [3.05, 3.63) is 64.1 Å². The van der Waals surface area contributed by atoms with Gasteiger partial charge < -0.3 is 5.32 Å². The summed E-state index contributed by atoms with van der Waals surface area (Å²) in [6, 6.07) is 14.6. The third-order valence-corrected chi connectivity index (χ3v) is 7.97. The molecule has 1 heterocycles. The molecule has 0 saturated carbocycles. The Bertz CT molecular complexity index is 950. The highest BCUT2D eigenvalue weighted by Crippen LogP contribution is 2.33. The van der Waals surface area contributed by atoms with Gasteiger partial charge in [0.2, 0.25) is 15.9 Å². The summed E-state index contributed by atoms with van der Waals surface area (Å²) in [5.41, 5.74) is 1.67. The quantitative estimate of drug-likeness (QED) is 0.729. The molecule has 0 atom stereocenters. The number of sulfonamides is 1. The van der Waals surface area contributed by atoms with E-state index in [0.29, 0.717) is 32.5 Å². The summed E-state index contributed by atoms with van der Waals surface area (Å²) in [5, 5.41) is 3.03. The zero-order chi connectivity index (χ0) is 20.4. The first-order valence-electron chi connectivity index (χ1n) is 9.31. The maximum atomic E-state index is 12.8. The number of halogens is 1. The van der Waals surface area contributed by atoms with Crippen molar-refractivity contribution in [2.75, 3.05) is 13.1 Å². The van der Waals surface area contributed by atoms with Gasteiger partial charge in [0.1, 0.15) is 0 Å². The zero-order valence-corrected chi connectivity index (χ0v) is 18.5. The van der Waals surface area contributed by atoms with E-state index >= 15 is 0 Å². The van der Waals surface area contributed by atoms with E-state index in [4.69, 9.17) is 0 Å². The molecular formula is C21H25BrN2O3S. The van der Waals surface area contributed by atoms with Crippen molar-refractivity contribution in [1.29, 1.82) is 0 Å². The highest BCUT2D eigenvalue weighted by Gasteiger charge is 2.40. The number of aryl methyl sites for hydroxylation is 1. The highest BCUT2D eigenvalue weighted by molar-refractivity contribution is 9.10. The van der Waals surface area contributed by atoms with Gasteiger partial charge in [-0.3, -0.25) is 4.79 Å². The summed E-state index contributed by atoms with van der Waals surface area (Å²) in [5.74, 6) is -0.0172. The summed E-state index contributed by atoms with van der Waals surface area (Å²) in [7, 11) is -3.53. The van der Waals surface area contributed by atoms with E-state index in [9.17, 15) is 13.2 Å². The Hall–Kier alpha value is -1.70. The Morgan fingerprint density at radius 3 is 2.32 bits per heavy atom. The van der Waals surface area contributed by atoms with Gasteiger partial charge in [0.15, 0.2) is 0 Å². The molecule has 3 rings (SSSR count). The van der Waals surface area contributed by atoms with E-state index in [1.165, 1.54) is 4.31 Å². The molecule has 0 aliphatic carbocycles. The SMILES string of the molecule is Cc1ccccc1CNC(=O)C1(C)CCN(S(=O)(=O)c2ccc(Br)cc2)CC1. The molecule has 5 nitrogen and oxygen atoms in total. The van der Waals surface area contributed by atoms with Crippen LogP contribution in [0, 0.1) is 12.3 Å². The second kappa shape index (κ2) is 8.35. The molecule has 1 fully saturated rings. The molecule has 0 unspecified atom stereocenters. The first-order valence-corrected chi connectivity index (χ1v) is 11.5. The lowest BCUT2D eigenvalue weighted by Gasteiger charge is -2.37. The minimum atomic E-state index is -3.53. The molecule has 0 spiro atoms. The number of rotatable bonds is 5. The van der Waals surface area contributed by atoms with E-state index in [2.05, 4.69) is 21.2 Å². The predicted molar refractivity (Wildman–Crippen MR) is 113 cm³/mol. The van der Waals surface area contributed by atoms with Crippen LogP contribution < -0.4 is 5.32 Å². The number of hydrogen-bond acceptors (Lipinski definition) is 3. The van der Waals surface area contributed by atoms with Gasteiger partial charge in [-0.15, -0.1) is 0 Å². The highest BCUT2D eigenvalue weighted by atomic mass is 79.9. The fraction of sp³-hybridized carbons (Fsp3) is 0.381. The van der Waals surface area contributed by atoms with Crippen LogP contribution in [0.2, 0.25) is 0 Å². The minimum Gasteiger partial charge on any atom is -0.352 e. The van der Waals surface area contributed by atoms with Crippen molar-refractivity contribution in [1.82, 2.24) is 9.62 Å². The molecule has 7 heteroatoms. The topological polar surface area (TPSA) is 66.5 Å². The first kappa shape index (κ1) is 21.0. The molecule has 1 aliphatic heterocycles. The Morgan fingerprint density at radius 2 is 1.71 bits per heavy atom. The minimum absolute atomic E-state index is 0.0172. The largest absolute Gasteiger partial charge is 0.352 e. The molecule has 2 aromatic carbocycles. The van der Waals surface area contributed by atoms with Crippen LogP contribution in [0.5, 0.6) is 0 Å². The monoisotopic (exact) mass is 464 g/mol. The van der Waals surface area contributed by atoms with Gasteiger partial charge in [-0.25, -0.2) is 8.42 Å². The second-order valence-electron chi connectivity index (χ2n) is 7.53. The van der Waals surface area contributed by atoms with Gasteiger partial charge in [-0.05, 0) is 55.2 Å². The number of piperidine rings is 1. The summed E-state index contributed by atoms with van der Waals surface area (Å²) < 4.78 is 28.0. The van der Waals surface area contributed by atoms with Gasteiger partial charge in [-0.1, -0.05) is 47.1 Å². The van der Waals surface area contributed by atoms with E-state index in [1.54, 1.807) is 24.3 Å². The lowest BCUT2D eigenvalue weighted by atomic mass is 9.80. The summed E-state index contributed by atoms with van der Waals surface area (Å²) >= 11 is 3.32. The van der Waals surface area contributed by atoms with E-state index in [-0.39, 0.29) is 10.8 Å². The third kappa shape index (κ3) is 4.47. The number of amides is 1. The van der Waals surface area contributed by atoms with Gasteiger partial charge in [-0.2, -0.15) is 4.31 Å². The average Bonchev–Trinajstić information content (AvgIpc) is 2.68. The molecular weight excluding hydrogens is 440 g/mol. The van der Waals surface area contributed by atoms with Crippen LogP contribution >= 0.6 is 15.9 Å². The number of nitrogens with zero attached hydrogens (tertiary/aromatic N) is 1. The van der Waals surface area contributed by atoms with Crippen molar-refractivity contribution in [3.63, 3.8) is 0 Å². The van der Waals surface area contributed by atoms with Crippen LogP contribution in [0.25, 0.3) is 0 Å². The maximum Gasteiger partial charge on any atom is 0.243 e. The van der Waals surface area contributed by atoms with E-state index in [0.717, 1.165) is 15.6 Å². The third-order valence-electron chi connectivity index (χ3n) is 5.53. The van der Waals surface area contributed by atoms with Crippen LogP contribution in [0.15, 0.2) is 57.9 Å². The summed E-state index contributed by atoms with van der Waals surface area (Å²) in [6.07, 6.45) is 1.00. The summed E-state index contributed by atoms with van der Waals surface area (Å²) in [6.45, 7) is 5.11. The number of carbonyl (C=O) groups is 1. The van der Waals surface area contributed by atoms with Crippen LogP contribution in [-0.2, 0) is 21.4 Å². The fourth-order valence-electron chi connectivity index (χ4n) is 3.40. The van der Waals surface area contributed by atoms with Crippen LogP contribution in [0.3, 0.4) is 0 Å². The molecule has 0 bridgehead atoms. The molecule has 0 aromatic heterocycles. The van der Waals surface area contributed by atoms with Gasteiger partial charge in [0, 0.05) is 29.5 Å². The van der Waals surface area contributed by atoms with Crippen molar-refractivity contribution in [3.8, 4) is 0 Å². The fourth-order valence-corrected chi connectivity index (χ4v) is 5.11. The van der Waals surface area contributed by atoms with Gasteiger partial charge >= 0.3 is 0 Å². The number of carbonyl (C=O) groups excluding carboxylic acids is 1. The molecule has 28 heavy (non-hydrogen) atoms. The van der Waals surface area contributed by atoms with Gasteiger partial charge in [0.05, 0.1) is 4.90 Å². The maximum absolute atomic E-state index is 12.8. The molecule has 1 aliphatic rings. The molecule has 0 radical (unpaired) electrons. The van der Waals surface area contributed by atoms with Crippen molar-refractivity contribution in [2.45, 2.75) is 38.1 Å². The molecule has 2 aromatic rings. The Labute approximate surface area is 175 Å². The van der Waals surface area contributed by atoms with Crippen LogP contribution in [-0.4, -0.2) is 31.7 Å². The molecule has 150 valence electrons. The number of nitrogens with one attached hydrogen (secondary N) is 1. The van der Waals surface area contributed by atoms with E-state index in [1.807, 2.05) is 38.1 Å². The van der Waals surface area contributed by atoms with E-state index < -0.39 is 15.4 Å². The zero-order valence-electron chi connectivity index (χ0n) is 16.1. The average molecular weight is 465 g/mol. The smallest absolute Gasteiger partial charge is 0.243 e. The van der Waals surface area contributed by atoms with Crippen molar-refractivity contribution >= 4 is 31.9 Å². The van der Waals surface area contributed by atoms with Gasteiger partial charge in [0.25, 0.3) is 0 Å². The van der Waals surface area contributed by atoms with Crippen molar-refractivity contribution in [2.24, 2.45) is 5.41 Å². The second-order valence-corrected chi connectivity index (χ2v) is 10.4. The molecule has 1 saturated heterocycles. The Balaban J connectivity index is 1.62. The lowest BCUT2D eigenvalue weighted by molar-refractivity contribution is -0.132.